The molecular weight excluding hydrogens is 280 g/mol. The predicted octanol–water partition coefficient (Wildman–Crippen LogP) is 1.49. The lowest BCUT2D eigenvalue weighted by molar-refractivity contribution is 0.146. The number of benzene rings is 1. The van der Waals surface area contributed by atoms with Gasteiger partial charge in [-0.15, -0.1) is 0 Å². The number of H-pyrrole nitrogens is 1. The molecule has 1 aromatic heterocycles. The molecule has 0 unspecified atom stereocenters. The van der Waals surface area contributed by atoms with E-state index >= 15 is 0 Å². The highest BCUT2D eigenvalue weighted by Gasteiger charge is 2.10. The Morgan fingerprint density at radius 1 is 1.23 bits per heavy atom. The maximum absolute atomic E-state index is 5.59. The first-order chi connectivity index (χ1) is 10.7. The first-order valence-corrected chi connectivity index (χ1v) is 7.38. The van der Waals surface area contributed by atoms with Gasteiger partial charge in [-0.2, -0.15) is 5.10 Å². The Bertz CT molecular complexity index is 554. The highest BCUT2D eigenvalue weighted by atomic mass is 16.5. The Morgan fingerprint density at radius 3 is 2.68 bits per heavy atom. The maximum atomic E-state index is 5.59. The molecule has 0 bridgehead atoms. The molecule has 0 fully saturated rings. The third-order valence-corrected chi connectivity index (χ3v) is 3.35. The maximum Gasteiger partial charge on any atom is 0.119 e. The second kappa shape index (κ2) is 8.53. The number of hydrogen-bond donors (Lipinski definition) is 2. The third kappa shape index (κ3) is 4.56. The zero-order valence-corrected chi connectivity index (χ0v) is 13.2. The highest BCUT2D eigenvalue weighted by molar-refractivity contribution is 5.63. The molecule has 22 heavy (non-hydrogen) atoms. The number of hydrogen-bond acceptors (Lipinski definition) is 5. The summed E-state index contributed by atoms with van der Waals surface area (Å²) in [6.07, 6.45) is 1.94. The summed E-state index contributed by atoms with van der Waals surface area (Å²) in [6.45, 7) is 3.45. The van der Waals surface area contributed by atoms with Gasteiger partial charge in [0.15, 0.2) is 0 Å². The molecule has 0 atom stereocenters. The Hall–Kier alpha value is -1.89. The molecule has 6 heteroatoms. The van der Waals surface area contributed by atoms with Crippen molar-refractivity contribution in [1.82, 2.24) is 15.1 Å². The van der Waals surface area contributed by atoms with E-state index < -0.39 is 0 Å². The summed E-state index contributed by atoms with van der Waals surface area (Å²) in [6, 6.07) is 7.94. The van der Waals surface area contributed by atoms with E-state index in [4.69, 9.17) is 15.2 Å². The monoisotopic (exact) mass is 304 g/mol. The number of nitrogens with zero attached hydrogens (tertiary/aromatic N) is 2. The van der Waals surface area contributed by atoms with Crippen molar-refractivity contribution in [2.24, 2.45) is 5.73 Å². The van der Waals surface area contributed by atoms with Gasteiger partial charge in [0, 0.05) is 44.1 Å². The number of methoxy groups -OCH3 is 1. The number of aromatic nitrogens is 2. The second-order valence-electron chi connectivity index (χ2n) is 5.15. The third-order valence-electron chi connectivity index (χ3n) is 3.35. The average molecular weight is 304 g/mol. The van der Waals surface area contributed by atoms with Crippen LogP contribution in [0.15, 0.2) is 30.5 Å². The minimum Gasteiger partial charge on any atom is -0.491 e. The Balaban J connectivity index is 2.04. The lowest BCUT2D eigenvalue weighted by Crippen LogP contribution is -2.25. The number of likely N-dealkylation sites (N-methyl/N-ethyl adjacent to an activating group) is 1. The molecule has 2 aromatic rings. The van der Waals surface area contributed by atoms with Crippen LogP contribution in [-0.4, -0.2) is 55.6 Å². The molecule has 3 N–H and O–H groups in total. The molecule has 0 radical (unpaired) electrons. The van der Waals surface area contributed by atoms with Crippen LogP contribution in [0.4, 0.5) is 0 Å². The summed E-state index contributed by atoms with van der Waals surface area (Å²) in [7, 11) is 3.71. The first-order valence-electron chi connectivity index (χ1n) is 7.38. The molecule has 1 heterocycles. The van der Waals surface area contributed by atoms with Crippen LogP contribution in [0.2, 0.25) is 0 Å². The SMILES string of the molecule is COCCOc1ccc(-c2n[nH]cc2CN(C)CCN)cc1. The number of nitrogens with one attached hydrogen (secondary N) is 1. The van der Waals surface area contributed by atoms with Gasteiger partial charge >= 0.3 is 0 Å². The summed E-state index contributed by atoms with van der Waals surface area (Å²) < 4.78 is 10.5. The van der Waals surface area contributed by atoms with Gasteiger partial charge in [-0.25, -0.2) is 0 Å². The van der Waals surface area contributed by atoms with Crippen molar-refractivity contribution < 1.29 is 9.47 Å². The van der Waals surface area contributed by atoms with Crippen LogP contribution >= 0.6 is 0 Å². The fourth-order valence-electron chi connectivity index (χ4n) is 2.23. The summed E-state index contributed by atoms with van der Waals surface area (Å²) in [4.78, 5) is 2.18. The van der Waals surface area contributed by atoms with Gasteiger partial charge in [-0.3, -0.25) is 5.10 Å². The molecule has 0 saturated carbocycles. The van der Waals surface area contributed by atoms with Crippen molar-refractivity contribution in [3.63, 3.8) is 0 Å². The number of ether oxygens (including phenoxy) is 2. The van der Waals surface area contributed by atoms with Crippen molar-refractivity contribution in [1.29, 1.82) is 0 Å². The van der Waals surface area contributed by atoms with Gasteiger partial charge in [-0.05, 0) is 31.3 Å². The Kier molecular flexibility index (Phi) is 6.39. The molecule has 0 aliphatic rings. The van der Waals surface area contributed by atoms with Gasteiger partial charge in [-0.1, -0.05) is 0 Å². The van der Waals surface area contributed by atoms with E-state index in [9.17, 15) is 0 Å². The predicted molar refractivity (Wildman–Crippen MR) is 86.8 cm³/mol. The lowest BCUT2D eigenvalue weighted by atomic mass is 10.1. The summed E-state index contributed by atoms with van der Waals surface area (Å²) in [5, 5.41) is 7.31. The molecular formula is C16H24N4O2. The van der Waals surface area contributed by atoms with Crippen molar-refractivity contribution >= 4 is 0 Å². The average Bonchev–Trinajstić information content (AvgIpc) is 2.96. The second-order valence-corrected chi connectivity index (χ2v) is 5.15. The molecule has 1 aromatic carbocycles. The fourth-order valence-corrected chi connectivity index (χ4v) is 2.23. The van der Waals surface area contributed by atoms with E-state index in [-0.39, 0.29) is 0 Å². The van der Waals surface area contributed by atoms with Crippen LogP contribution in [0.5, 0.6) is 5.75 Å². The fraction of sp³-hybridized carbons (Fsp3) is 0.438. The van der Waals surface area contributed by atoms with Gasteiger partial charge in [0.1, 0.15) is 12.4 Å². The topological polar surface area (TPSA) is 76.4 Å². The molecule has 6 nitrogen and oxygen atoms in total. The first kappa shape index (κ1) is 16.5. The van der Waals surface area contributed by atoms with Crippen LogP contribution in [0.1, 0.15) is 5.56 Å². The summed E-state index contributed by atoms with van der Waals surface area (Å²) >= 11 is 0. The van der Waals surface area contributed by atoms with Crippen molar-refractivity contribution in [3.05, 3.63) is 36.0 Å². The van der Waals surface area contributed by atoms with Crippen LogP contribution in [0.25, 0.3) is 11.3 Å². The van der Waals surface area contributed by atoms with E-state index in [1.54, 1.807) is 7.11 Å². The number of aromatic amines is 1. The molecule has 0 aliphatic heterocycles. The van der Waals surface area contributed by atoms with Crippen molar-refractivity contribution in [2.45, 2.75) is 6.54 Å². The summed E-state index contributed by atoms with van der Waals surface area (Å²) in [5.74, 6) is 0.832. The number of nitrogens with two attached hydrogens (primary N) is 1. The molecule has 0 amide bonds. The van der Waals surface area contributed by atoms with E-state index in [1.165, 1.54) is 0 Å². The Morgan fingerprint density at radius 2 is 2.00 bits per heavy atom. The Labute approximate surface area is 131 Å². The van der Waals surface area contributed by atoms with Crippen molar-refractivity contribution in [3.8, 4) is 17.0 Å². The molecule has 0 saturated heterocycles. The van der Waals surface area contributed by atoms with Crippen LogP contribution in [0, 0.1) is 0 Å². The lowest BCUT2D eigenvalue weighted by Gasteiger charge is -2.15. The largest absolute Gasteiger partial charge is 0.491 e. The van der Waals surface area contributed by atoms with E-state index in [0.29, 0.717) is 19.8 Å². The van der Waals surface area contributed by atoms with Gasteiger partial charge in [0.25, 0.3) is 0 Å². The quantitative estimate of drug-likeness (QED) is 0.687. The molecule has 0 spiro atoms. The summed E-state index contributed by atoms with van der Waals surface area (Å²) in [5.41, 5.74) is 8.77. The van der Waals surface area contributed by atoms with E-state index in [2.05, 4.69) is 22.1 Å². The van der Waals surface area contributed by atoms with Gasteiger partial charge in [0.2, 0.25) is 0 Å². The van der Waals surface area contributed by atoms with Crippen LogP contribution in [0.3, 0.4) is 0 Å². The minimum atomic E-state index is 0.549. The zero-order chi connectivity index (χ0) is 15.8. The molecule has 0 aliphatic carbocycles. The van der Waals surface area contributed by atoms with E-state index in [0.717, 1.165) is 35.7 Å². The minimum absolute atomic E-state index is 0.549. The zero-order valence-electron chi connectivity index (χ0n) is 13.2. The number of rotatable bonds is 9. The highest BCUT2D eigenvalue weighted by Crippen LogP contribution is 2.24. The van der Waals surface area contributed by atoms with Crippen LogP contribution < -0.4 is 10.5 Å². The smallest absolute Gasteiger partial charge is 0.119 e. The van der Waals surface area contributed by atoms with Crippen LogP contribution in [-0.2, 0) is 11.3 Å². The molecule has 120 valence electrons. The normalized spacial score (nSPS) is 11.1. The van der Waals surface area contributed by atoms with Gasteiger partial charge < -0.3 is 20.1 Å². The molecule has 2 rings (SSSR count). The standard InChI is InChI=1S/C16H24N4O2/c1-20(8-7-17)12-14-11-18-19-16(14)13-3-5-15(6-4-13)22-10-9-21-2/h3-6,11H,7-10,12,17H2,1-2H3,(H,18,19). The van der Waals surface area contributed by atoms with Gasteiger partial charge in [0.05, 0.1) is 12.3 Å². The van der Waals surface area contributed by atoms with Crippen molar-refractivity contribution in [2.75, 3.05) is 40.5 Å². The van der Waals surface area contributed by atoms with E-state index in [1.807, 2.05) is 30.5 Å².